The van der Waals surface area contributed by atoms with Gasteiger partial charge in [-0.05, 0) is 97.1 Å². The van der Waals surface area contributed by atoms with Gasteiger partial charge in [-0.15, -0.1) is 11.8 Å². The Morgan fingerprint density at radius 3 is 1.80 bits per heavy atom. The van der Waals surface area contributed by atoms with E-state index in [9.17, 15) is 14.4 Å². The van der Waals surface area contributed by atoms with Crippen LogP contribution in [0, 0.1) is 0 Å². The fraction of sp³-hybridized carbons (Fsp3) is 0.0968. The first kappa shape index (κ1) is 29.8. The molecule has 0 atom stereocenters. The van der Waals surface area contributed by atoms with Gasteiger partial charge in [0.05, 0.1) is 0 Å². The van der Waals surface area contributed by atoms with Crippen LogP contribution in [0.4, 0.5) is 0 Å². The topological polar surface area (TPSA) is 72.8 Å². The van der Waals surface area contributed by atoms with Crippen LogP contribution in [-0.4, -0.2) is 29.0 Å². The van der Waals surface area contributed by atoms with E-state index in [2.05, 4.69) is 21.1 Å². The Morgan fingerprint density at radius 1 is 0.750 bits per heavy atom. The molecular weight excluding hydrogens is 630 g/mol. The van der Waals surface area contributed by atoms with E-state index in [1.165, 1.54) is 18.7 Å². The number of thioether (sulfide) groups is 1. The molecule has 0 saturated heterocycles. The second kappa shape index (κ2) is 14.5. The quantitative estimate of drug-likeness (QED) is 0.0530. The van der Waals surface area contributed by atoms with Crippen molar-refractivity contribution in [1.29, 1.82) is 0 Å². The zero-order valence-electron chi connectivity index (χ0n) is 21.3. The molecule has 4 aromatic carbocycles. The lowest BCUT2D eigenvalue weighted by molar-refractivity contribution is -0.140. The fourth-order valence-corrected chi connectivity index (χ4v) is 5.60. The van der Waals surface area contributed by atoms with Crippen LogP contribution in [-0.2, 0) is 9.63 Å². The van der Waals surface area contributed by atoms with Crippen molar-refractivity contribution in [1.82, 2.24) is 0 Å². The number of hydrogen-bond acceptors (Lipinski definition) is 7. The molecule has 9 heteroatoms. The number of hydrogen-bond donors (Lipinski definition) is 0. The minimum absolute atomic E-state index is 0.0373. The average molecular weight is 653 g/mol. The monoisotopic (exact) mass is 651 g/mol. The second-order valence-corrected chi connectivity index (χ2v) is 12.2. The van der Waals surface area contributed by atoms with Gasteiger partial charge in [0.15, 0.2) is 5.78 Å². The van der Waals surface area contributed by atoms with Crippen molar-refractivity contribution >= 4 is 74.3 Å². The minimum atomic E-state index is -0.591. The van der Waals surface area contributed by atoms with E-state index in [4.69, 9.17) is 16.4 Å². The lowest BCUT2D eigenvalue weighted by atomic mass is 10.0. The predicted octanol–water partition coefficient (Wildman–Crippen LogP) is 8.77. The fourth-order valence-electron chi connectivity index (χ4n) is 3.54. The van der Waals surface area contributed by atoms with Crippen molar-refractivity contribution in [2.45, 2.75) is 28.0 Å². The normalized spacial score (nSPS) is 11.2. The molecule has 0 saturated carbocycles. The molecule has 0 aliphatic heterocycles. The SMILES string of the molecule is CC(=O)O/N=C(\CCSc1ccc(Cl)cc1)C(=O)c1ccc(Sc2ccc(C(=O)c3ccc(Br)cc3)cc2)cc1. The van der Waals surface area contributed by atoms with Crippen LogP contribution in [0.5, 0.6) is 0 Å². The lowest BCUT2D eigenvalue weighted by Gasteiger charge is -2.08. The average Bonchev–Trinajstić information content (AvgIpc) is 2.96. The van der Waals surface area contributed by atoms with Crippen LogP contribution in [0.2, 0.25) is 5.02 Å². The molecule has 0 spiro atoms. The van der Waals surface area contributed by atoms with Gasteiger partial charge in [0, 0.05) is 60.0 Å². The number of carbonyl (C=O) groups is 3. The smallest absolute Gasteiger partial charge is 0.318 e. The molecule has 0 aliphatic rings. The van der Waals surface area contributed by atoms with E-state index in [-0.39, 0.29) is 17.3 Å². The molecule has 202 valence electrons. The number of halogens is 2. The molecule has 0 N–H and O–H groups in total. The van der Waals surface area contributed by atoms with Crippen LogP contribution >= 0.6 is 51.1 Å². The predicted molar refractivity (Wildman–Crippen MR) is 165 cm³/mol. The number of nitrogens with zero attached hydrogens (tertiary/aromatic N) is 1. The zero-order valence-corrected chi connectivity index (χ0v) is 25.3. The third-order valence-electron chi connectivity index (χ3n) is 5.54. The molecule has 0 radical (unpaired) electrons. The van der Waals surface area contributed by atoms with E-state index >= 15 is 0 Å². The highest BCUT2D eigenvalue weighted by Gasteiger charge is 2.16. The van der Waals surface area contributed by atoms with Crippen LogP contribution in [0.25, 0.3) is 0 Å². The van der Waals surface area contributed by atoms with Crippen LogP contribution in [0.3, 0.4) is 0 Å². The number of ketones is 2. The molecule has 5 nitrogen and oxygen atoms in total. The summed E-state index contributed by atoms with van der Waals surface area (Å²) in [7, 11) is 0. The highest BCUT2D eigenvalue weighted by atomic mass is 79.9. The van der Waals surface area contributed by atoms with Crippen molar-refractivity contribution in [3.05, 3.63) is 123 Å². The van der Waals surface area contributed by atoms with Crippen LogP contribution in [0.15, 0.2) is 121 Å². The Hall–Kier alpha value is -3.17. The molecule has 0 fully saturated rings. The molecule has 40 heavy (non-hydrogen) atoms. The van der Waals surface area contributed by atoms with Gasteiger partial charge in [-0.2, -0.15) is 0 Å². The first-order valence-corrected chi connectivity index (χ1v) is 15.1. The van der Waals surface area contributed by atoms with Gasteiger partial charge in [-0.1, -0.05) is 44.4 Å². The van der Waals surface area contributed by atoms with Crippen molar-refractivity contribution in [3.63, 3.8) is 0 Å². The third kappa shape index (κ3) is 8.66. The standard InChI is InChI=1S/C31H23BrClNO4S2/c1-20(35)38-34-29(18-19-39-26-16-10-25(33)11-17-26)31(37)23-6-14-28(15-7-23)40-27-12-4-22(5-13-27)30(36)21-2-8-24(32)9-3-21/h2-17H,18-19H2,1H3/b34-29+. The van der Waals surface area contributed by atoms with Crippen molar-refractivity contribution in [3.8, 4) is 0 Å². The third-order valence-corrected chi connectivity index (χ3v) is 8.35. The number of oxime groups is 1. The van der Waals surface area contributed by atoms with Crippen molar-refractivity contribution in [2.24, 2.45) is 5.16 Å². The summed E-state index contributed by atoms with van der Waals surface area (Å²) in [6, 6.07) is 29.3. The van der Waals surface area contributed by atoms with Gasteiger partial charge < -0.3 is 4.84 Å². The maximum atomic E-state index is 13.2. The van der Waals surface area contributed by atoms with E-state index in [1.54, 1.807) is 48.2 Å². The summed E-state index contributed by atoms with van der Waals surface area (Å²) < 4.78 is 0.921. The zero-order chi connectivity index (χ0) is 28.5. The second-order valence-electron chi connectivity index (χ2n) is 8.49. The molecule has 4 rings (SSSR count). The van der Waals surface area contributed by atoms with Gasteiger partial charge in [0.25, 0.3) is 0 Å². The van der Waals surface area contributed by atoms with Gasteiger partial charge in [0.2, 0.25) is 5.78 Å². The molecule has 0 aliphatic carbocycles. The maximum absolute atomic E-state index is 13.2. The van der Waals surface area contributed by atoms with E-state index in [1.807, 2.05) is 60.7 Å². The Labute approximate surface area is 254 Å². The summed E-state index contributed by atoms with van der Waals surface area (Å²) >= 11 is 12.4. The van der Waals surface area contributed by atoms with Gasteiger partial charge in [-0.25, -0.2) is 4.79 Å². The Bertz CT molecular complexity index is 1520. The van der Waals surface area contributed by atoms with Crippen molar-refractivity contribution < 1.29 is 19.2 Å². The molecule has 0 heterocycles. The maximum Gasteiger partial charge on any atom is 0.331 e. The Kier molecular flexibility index (Phi) is 10.8. The molecular formula is C31H23BrClNO4S2. The van der Waals surface area contributed by atoms with E-state index < -0.39 is 5.97 Å². The van der Waals surface area contributed by atoms with Crippen LogP contribution < -0.4 is 0 Å². The largest absolute Gasteiger partial charge is 0.331 e. The summed E-state index contributed by atoms with van der Waals surface area (Å²) in [6.45, 7) is 1.24. The van der Waals surface area contributed by atoms with E-state index in [0.717, 1.165) is 19.2 Å². The van der Waals surface area contributed by atoms with Crippen LogP contribution in [0.1, 0.15) is 39.6 Å². The molecule has 4 aromatic rings. The van der Waals surface area contributed by atoms with Crippen molar-refractivity contribution in [2.75, 3.05) is 5.75 Å². The molecule has 0 amide bonds. The number of Topliss-reactive ketones (excluding diaryl/α,β-unsaturated/α-hetero) is 1. The summed E-state index contributed by atoms with van der Waals surface area (Å²) in [5, 5.41) is 4.49. The van der Waals surface area contributed by atoms with Gasteiger partial charge in [-0.3, -0.25) is 9.59 Å². The van der Waals surface area contributed by atoms with E-state index in [0.29, 0.717) is 33.9 Å². The van der Waals surface area contributed by atoms with Gasteiger partial charge in [0.1, 0.15) is 5.71 Å². The first-order chi connectivity index (χ1) is 19.3. The molecule has 0 unspecified atom stereocenters. The highest BCUT2D eigenvalue weighted by molar-refractivity contribution is 9.10. The Morgan fingerprint density at radius 2 is 1.25 bits per heavy atom. The number of rotatable bonds is 11. The summed E-state index contributed by atoms with van der Waals surface area (Å²) in [5.74, 6) is -0.358. The lowest BCUT2D eigenvalue weighted by Crippen LogP contribution is -2.16. The molecule has 0 bridgehead atoms. The highest BCUT2D eigenvalue weighted by Crippen LogP contribution is 2.29. The minimum Gasteiger partial charge on any atom is -0.318 e. The summed E-state index contributed by atoms with van der Waals surface area (Å²) in [5.41, 5.74) is 1.86. The van der Waals surface area contributed by atoms with Gasteiger partial charge >= 0.3 is 5.97 Å². The summed E-state index contributed by atoms with van der Waals surface area (Å²) in [4.78, 5) is 44.9. The number of benzene rings is 4. The molecule has 0 aromatic heterocycles. The first-order valence-electron chi connectivity index (χ1n) is 12.1. The number of carbonyl (C=O) groups excluding carboxylic acids is 3. The summed E-state index contributed by atoms with van der Waals surface area (Å²) in [6.07, 6.45) is 0.321. The Balaban J connectivity index is 1.38.